The first-order valence-corrected chi connectivity index (χ1v) is 17.1. The topological polar surface area (TPSA) is 8.17 Å². The Morgan fingerprint density at radius 1 is 0.320 bits per heavy atom. The number of aromatic nitrogens is 1. The molecule has 0 N–H and O–H groups in total. The number of para-hydroxylation sites is 4. The van der Waals surface area contributed by atoms with Gasteiger partial charge in [-0.15, -0.1) is 0 Å². The zero-order valence-electron chi connectivity index (χ0n) is 27.5. The van der Waals surface area contributed by atoms with E-state index in [0.29, 0.717) is 0 Å². The maximum Gasteiger partial charge on any atom is 0.0541 e. The van der Waals surface area contributed by atoms with Crippen molar-refractivity contribution < 1.29 is 0 Å². The van der Waals surface area contributed by atoms with Gasteiger partial charge in [-0.3, -0.25) is 0 Å². The summed E-state index contributed by atoms with van der Waals surface area (Å²) in [5.41, 5.74) is 14.1. The molecule has 9 rings (SSSR count). The monoisotopic (exact) mass is 638 g/mol. The summed E-state index contributed by atoms with van der Waals surface area (Å²) in [6.45, 7) is 0. The fraction of sp³-hybridized carbons (Fsp3) is 0. The second kappa shape index (κ2) is 12.8. The normalized spacial score (nSPS) is 11.2. The zero-order chi connectivity index (χ0) is 33.3. The van der Waals surface area contributed by atoms with Gasteiger partial charge >= 0.3 is 0 Å². The third kappa shape index (κ3) is 5.34. The Bertz CT molecular complexity index is 2530. The minimum absolute atomic E-state index is 1.12. The standard InChI is InChI=1S/C48H34N2/c1-4-15-35(16-5-1)36-27-30-42(31-28-36)50-47-26-13-11-24-44(47)45-34-38(29-32-48(45)50)37-17-14-18-39(33-37)43-23-10-12-25-46(43)49(40-19-6-2-7-20-40)41-21-8-3-9-22-41/h1-34H. The molecule has 2 heteroatoms. The van der Waals surface area contributed by atoms with Crippen LogP contribution in [-0.2, 0) is 0 Å². The van der Waals surface area contributed by atoms with E-state index in [2.05, 4.69) is 216 Å². The van der Waals surface area contributed by atoms with Crippen molar-refractivity contribution in [2.75, 3.05) is 4.90 Å². The number of anilines is 3. The van der Waals surface area contributed by atoms with Crippen molar-refractivity contribution >= 4 is 38.9 Å². The van der Waals surface area contributed by atoms with E-state index in [1.165, 1.54) is 55.2 Å². The molecule has 0 aliphatic carbocycles. The van der Waals surface area contributed by atoms with Gasteiger partial charge < -0.3 is 9.47 Å². The highest BCUT2D eigenvalue weighted by atomic mass is 15.1. The lowest BCUT2D eigenvalue weighted by Gasteiger charge is -2.27. The van der Waals surface area contributed by atoms with E-state index in [0.717, 1.165) is 22.7 Å². The van der Waals surface area contributed by atoms with Crippen molar-refractivity contribution in [2.45, 2.75) is 0 Å². The van der Waals surface area contributed by atoms with Gasteiger partial charge in [-0.2, -0.15) is 0 Å². The molecule has 0 saturated carbocycles. The first-order valence-electron chi connectivity index (χ1n) is 17.1. The van der Waals surface area contributed by atoms with Crippen LogP contribution in [-0.4, -0.2) is 4.57 Å². The van der Waals surface area contributed by atoms with Gasteiger partial charge in [0.2, 0.25) is 0 Å². The predicted octanol–water partition coefficient (Wildman–Crippen LogP) is 13.3. The van der Waals surface area contributed by atoms with E-state index in [4.69, 9.17) is 0 Å². The zero-order valence-corrected chi connectivity index (χ0v) is 27.5. The van der Waals surface area contributed by atoms with Crippen LogP contribution in [0.1, 0.15) is 0 Å². The van der Waals surface area contributed by atoms with E-state index in [1.54, 1.807) is 0 Å². The van der Waals surface area contributed by atoms with Gasteiger partial charge in [-0.25, -0.2) is 0 Å². The number of benzene rings is 8. The average Bonchev–Trinajstić information content (AvgIpc) is 3.53. The van der Waals surface area contributed by atoms with E-state index < -0.39 is 0 Å². The highest BCUT2D eigenvalue weighted by Crippen LogP contribution is 2.42. The molecule has 236 valence electrons. The van der Waals surface area contributed by atoms with Crippen molar-refractivity contribution in [1.82, 2.24) is 4.57 Å². The maximum absolute atomic E-state index is 2.39. The van der Waals surface area contributed by atoms with Crippen molar-refractivity contribution in [3.05, 3.63) is 206 Å². The first-order chi connectivity index (χ1) is 24.8. The van der Waals surface area contributed by atoms with Crippen LogP contribution in [0, 0.1) is 0 Å². The fourth-order valence-corrected chi connectivity index (χ4v) is 7.22. The molecule has 0 unspecified atom stereocenters. The summed E-state index contributed by atoms with van der Waals surface area (Å²) in [7, 11) is 0. The lowest BCUT2D eigenvalue weighted by molar-refractivity contribution is 1.18. The molecule has 0 aliphatic heterocycles. The molecule has 0 aliphatic rings. The summed E-state index contributed by atoms with van der Waals surface area (Å²) in [5.74, 6) is 0. The lowest BCUT2D eigenvalue weighted by Crippen LogP contribution is -2.10. The molecule has 9 aromatic rings. The smallest absolute Gasteiger partial charge is 0.0541 e. The van der Waals surface area contributed by atoms with Gasteiger partial charge in [-0.1, -0.05) is 140 Å². The molecule has 1 aromatic heterocycles. The van der Waals surface area contributed by atoms with Crippen molar-refractivity contribution in [2.24, 2.45) is 0 Å². The van der Waals surface area contributed by atoms with Crippen LogP contribution in [0.15, 0.2) is 206 Å². The Kier molecular flexibility index (Phi) is 7.53. The van der Waals surface area contributed by atoms with Gasteiger partial charge in [0.1, 0.15) is 0 Å². The number of nitrogens with zero attached hydrogens (tertiary/aromatic N) is 2. The van der Waals surface area contributed by atoms with Gasteiger partial charge in [0.05, 0.1) is 16.7 Å². The molecule has 0 amide bonds. The van der Waals surface area contributed by atoms with E-state index in [9.17, 15) is 0 Å². The first kappa shape index (κ1) is 29.5. The second-order valence-corrected chi connectivity index (χ2v) is 12.6. The molecule has 1 heterocycles. The van der Waals surface area contributed by atoms with Crippen LogP contribution in [0.5, 0.6) is 0 Å². The van der Waals surface area contributed by atoms with Crippen LogP contribution in [0.4, 0.5) is 17.1 Å². The van der Waals surface area contributed by atoms with Crippen molar-refractivity contribution in [3.63, 3.8) is 0 Å². The third-order valence-corrected chi connectivity index (χ3v) is 9.59. The van der Waals surface area contributed by atoms with Crippen molar-refractivity contribution in [1.29, 1.82) is 0 Å². The molecule has 2 nitrogen and oxygen atoms in total. The molecule has 0 radical (unpaired) electrons. The molecule has 0 spiro atoms. The Hall–Kier alpha value is -6.64. The van der Waals surface area contributed by atoms with Crippen molar-refractivity contribution in [3.8, 4) is 39.1 Å². The molecule has 0 fully saturated rings. The molecule has 0 saturated heterocycles. The molecule has 50 heavy (non-hydrogen) atoms. The largest absolute Gasteiger partial charge is 0.310 e. The van der Waals surface area contributed by atoms with Crippen LogP contribution in [0.3, 0.4) is 0 Å². The van der Waals surface area contributed by atoms with E-state index in [-0.39, 0.29) is 0 Å². The Balaban J connectivity index is 1.14. The summed E-state index contributed by atoms with van der Waals surface area (Å²) in [4.78, 5) is 2.34. The van der Waals surface area contributed by atoms with E-state index >= 15 is 0 Å². The highest BCUT2D eigenvalue weighted by molar-refractivity contribution is 6.10. The van der Waals surface area contributed by atoms with E-state index in [1.807, 2.05) is 0 Å². The van der Waals surface area contributed by atoms with Gasteiger partial charge in [0, 0.05) is 33.4 Å². The highest BCUT2D eigenvalue weighted by Gasteiger charge is 2.18. The molecular weight excluding hydrogens is 605 g/mol. The maximum atomic E-state index is 2.39. The molecule has 0 atom stereocenters. The Morgan fingerprint density at radius 2 is 0.840 bits per heavy atom. The quantitative estimate of drug-likeness (QED) is 0.169. The van der Waals surface area contributed by atoms with Crippen LogP contribution in [0.25, 0.3) is 60.9 Å². The Labute approximate surface area is 292 Å². The summed E-state index contributed by atoms with van der Waals surface area (Å²) in [6.07, 6.45) is 0. The minimum atomic E-state index is 1.12. The summed E-state index contributed by atoms with van der Waals surface area (Å²) in [6, 6.07) is 74.0. The number of hydrogen-bond donors (Lipinski definition) is 0. The summed E-state index contributed by atoms with van der Waals surface area (Å²) >= 11 is 0. The van der Waals surface area contributed by atoms with Gasteiger partial charge in [0.15, 0.2) is 0 Å². The summed E-state index contributed by atoms with van der Waals surface area (Å²) < 4.78 is 2.39. The molecule has 0 bridgehead atoms. The minimum Gasteiger partial charge on any atom is -0.310 e. The molecule has 8 aromatic carbocycles. The lowest BCUT2D eigenvalue weighted by atomic mass is 9.96. The van der Waals surface area contributed by atoms with Gasteiger partial charge in [-0.05, 0) is 94.5 Å². The van der Waals surface area contributed by atoms with Gasteiger partial charge in [0.25, 0.3) is 0 Å². The summed E-state index contributed by atoms with van der Waals surface area (Å²) in [5, 5.41) is 2.50. The van der Waals surface area contributed by atoms with Crippen LogP contribution < -0.4 is 4.90 Å². The number of rotatable bonds is 7. The van der Waals surface area contributed by atoms with Crippen LogP contribution >= 0.6 is 0 Å². The fourth-order valence-electron chi connectivity index (χ4n) is 7.22. The average molecular weight is 639 g/mol. The predicted molar refractivity (Wildman–Crippen MR) is 212 cm³/mol. The SMILES string of the molecule is c1ccc(-c2ccc(-n3c4ccccc4c4cc(-c5cccc(-c6ccccc6N(c6ccccc6)c6ccccc6)c5)ccc43)cc2)cc1. The Morgan fingerprint density at radius 3 is 1.58 bits per heavy atom. The number of hydrogen-bond acceptors (Lipinski definition) is 1. The van der Waals surface area contributed by atoms with Crippen LogP contribution in [0.2, 0.25) is 0 Å². The second-order valence-electron chi connectivity index (χ2n) is 12.6. The third-order valence-electron chi connectivity index (χ3n) is 9.59. The number of fused-ring (bicyclic) bond motifs is 3. The molecular formula is C48H34N2.